The molecule has 0 atom stereocenters. The summed E-state index contributed by atoms with van der Waals surface area (Å²) in [7, 11) is 2.09. The Labute approximate surface area is 99.8 Å². The molecule has 4 nitrogen and oxygen atoms in total. The molecule has 0 amide bonds. The van der Waals surface area contributed by atoms with Crippen LogP contribution in [0.3, 0.4) is 0 Å². The molecule has 1 aromatic rings. The first-order valence-corrected chi connectivity index (χ1v) is 6.36. The fraction of sp³-hybridized carbons (Fsp3) is 0.800. The Balaban J connectivity index is 2.56. The Morgan fingerprint density at radius 2 is 2.27 bits per heavy atom. The lowest BCUT2D eigenvalue weighted by molar-refractivity contribution is 0.324. The fourth-order valence-electron chi connectivity index (χ4n) is 1.37. The van der Waals surface area contributed by atoms with Gasteiger partial charge in [0.15, 0.2) is 0 Å². The van der Waals surface area contributed by atoms with Crippen LogP contribution in [0, 0.1) is 5.92 Å². The third-order valence-electron chi connectivity index (χ3n) is 2.11. The lowest BCUT2D eigenvalue weighted by Gasteiger charge is -2.15. The Bertz CT molecular complexity index is 285. The van der Waals surface area contributed by atoms with E-state index in [9.17, 15) is 0 Å². The normalized spacial score (nSPS) is 11.6. The highest BCUT2D eigenvalue weighted by molar-refractivity contribution is 9.09. The molecule has 0 spiro atoms. The van der Waals surface area contributed by atoms with Gasteiger partial charge in [-0.15, -0.1) is 0 Å². The smallest absolute Gasteiger partial charge is 0.141 e. The van der Waals surface area contributed by atoms with E-state index >= 15 is 0 Å². The second-order valence-electron chi connectivity index (χ2n) is 4.18. The van der Waals surface area contributed by atoms with Crippen molar-refractivity contribution in [1.29, 1.82) is 0 Å². The van der Waals surface area contributed by atoms with Crippen molar-refractivity contribution in [3.05, 3.63) is 12.2 Å². The van der Waals surface area contributed by atoms with Crippen LogP contribution in [0.15, 0.2) is 6.33 Å². The zero-order chi connectivity index (χ0) is 11.3. The van der Waals surface area contributed by atoms with Crippen LogP contribution in [-0.4, -0.2) is 38.6 Å². The van der Waals surface area contributed by atoms with Gasteiger partial charge in [-0.3, -0.25) is 4.90 Å². The molecule has 1 heterocycles. The SMILES string of the molecule is CC(C)Cn1ncnc1CN(C)CCBr. The van der Waals surface area contributed by atoms with Gasteiger partial charge in [-0.05, 0) is 13.0 Å². The summed E-state index contributed by atoms with van der Waals surface area (Å²) >= 11 is 3.43. The first-order valence-electron chi connectivity index (χ1n) is 5.24. The van der Waals surface area contributed by atoms with Gasteiger partial charge in [0, 0.05) is 18.4 Å². The van der Waals surface area contributed by atoms with E-state index in [-0.39, 0.29) is 0 Å². The predicted octanol–water partition coefficient (Wildman–Crippen LogP) is 1.76. The third-order valence-corrected chi connectivity index (χ3v) is 2.47. The molecule has 86 valence electrons. The molecule has 0 radical (unpaired) electrons. The van der Waals surface area contributed by atoms with Crippen molar-refractivity contribution in [3.8, 4) is 0 Å². The summed E-state index contributed by atoms with van der Waals surface area (Å²) in [5.74, 6) is 1.65. The number of hydrogen-bond acceptors (Lipinski definition) is 3. The van der Waals surface area contributed by atoms with Crippen molar-refractivity contribution in [2.24, 2.45) is 5.92 Å². The van der Waals surface area contributed by atoms with Gasteiger partial charge in [0.05, 0.1) is 6.54 Å². The number of halogens is 1. The minimum Gasteiger partial charge on any atom is -0.298 e. The summed E-state index contributed by atoms with van der Waals surface area (Å²) in [5.41, 5.74) is 0. The minimum absolute atomic E-state index is 0.604. The van der Waals surface area contributed by atoms with Gasteiger partial charge in [-0.1, -0.05) is 29.8 Å². The van der Waals surface area contributed by atoms with Crippen molar-refractivity contribution in [2.45, 2.75) is 26.9 Å². The lowest BCUT2D eigenvalue weighted by Crippen LogP contribution is -2.23. The zero-order valence-electron chi connectivity index (χ0n) is 9.65. The van der Waals surface area contributed by atoms with E-state index in [4.69, 9.17) is 0 Å². The summed E-state index contributed by atoms with van der Waals surface area (Å²) in [6, 6.07) is 0. The standard InChI is InChI=1S/C10H19BrN4/c1-9(2)6-15-10(12-8-13-15)7-14(3)5-4-11/h8-9H,4-7H2,1-3H3. The van der Waals surface area contributed by atoms with E-state index in [0.717, 1.165) is 30.8 Å². The predicted molar refractivity (Wildman–Crippen MR) is 65.0 cm³/mol. The van der Waals surface area contributed by atoms with Crippen LogP contribution in [-0.2, 0) is 13.1 Å². The van der Waals surface area contributed by atoms with Crippen molar-refractivity contribution in [1.82, 2.24) is 19.7 Å². The quantitative estimate of drug-likeness (QED) is 0.742. The van der Waals surface area contributed by atoms with E-state index < -0.39 is 0 Å². The van der Waals surface area contributed by atoms with Crippen LogP contribution in [0.1, 0.15) is 19.7 Å². The molecule has 1 rings (SSSR count). The molecule has 0 saturated heterocycles. The lowest BCUT2D eigenvalue weighted by atomic mass is 10.2. The highest BCUT2D eigenvalue weighted by atomic mass is 79.9. The third kappa shape index (κ3) is 4.30. The topological polar surface area (TPSA) is 34.0 Å². The molecule has 0 unspecified atom stereocenters. The molecule has 0 aromatic carbocycles. The van der Waals surface area contributed by atoms with Gasteiger partial charge in [-0.2, -0.15) is 5.10 Å². The van der Waals surface area contributed by atoms with E-state index in [1.165, 1.54) is 0 Å². The van der Waals surface area contributed by atoms with Crippen LogP contribution < -0.4 is 0 Å². The molecular formula is C10H19BrN4. The maximum atomic E-state index is 4.29. The van der Waals surface area contributed by atoms with Crippen LogP contribution in [0.5, 0.6) is 0 Å². The Morgan fingerprint density at radius 1 is 1.53 bits per heavy atom. The number of hydrogen-bond donors (Lipinski definition) is 0. The number of alkyl halides is 1. The van der Waals surface area contributed by atoms with Gasteiger partial charge in [-0.25, -0.2) is 9.67 Å². The number of aromatic nitrogens is 3. The molecule has 15 heavy (non-hydrogen) atoms. The second kappa shape index (κ2) is 6.23. The zero-order valence-corrected chi connectivity index (χ0v) is 11.2. The molecule has 5 heteroatoms. The first kappa shape index (κ1) is 12.6. The average molecular weight is 275 g/mol. The molecule has 0 aliphatic heterocycles. The molecule has 0 N–H and O–H groups in total. The fourth-order valence-corrected chi connectivity index (χ4v) is 1.98. The van der Waals surface area contributed by atoms with Crippen molar-refractivity contribution < 1.29 is 0 Å². The molecule has 0 fully saturated rings. The molecule has 1 aromatic heterocycles. The van der Waals surface area contributed by atoms with Gasteiger partial charge in [0.2, 0.25) is 0 Å². The van der Waals surface area contributed by atoms with Crippen LogP contribution in [0.25, 0.3) is 0 Å². The van der Waals surface area contributed by atoms with Gasteiger partial charge < -0.3 is 0 Å². The molecule has 0 aliphatic rings. The summed E-state index contributed by atoms with van der Waals surface area (Å²) < 4.78 is 2.00. The van der Waals surface area contributed by atoms with Crippen LogP contribution in [0.2, 0.25) is 0 Å². The second-order valence-corrected chi connectivity index (χ2v) is 4.97. The first-order chi connectivity index (χ1) is 7.13. The van der Waals surface area contributed by atoms with E-state index in [1.807, 2.05) is 4.68 Å². The van der Waals surface area contributed by atoms with Crippen LogP contribution >= 0.6 is 15.9 Å². The van der Waals surface area contributed by atoms with Crippen LogP contribution in [0.4, 0.5) is 0 Å². The van der Waals surface area contributed by atoms with E-state index in [0.29, 0.717) is 5.92 Å². The number of nitrogens with zero attached hydrogens (tertiary/aromatic N) is 4. The summed E-state index contributed by atoms with van der Waals surface area (Å²) in [6.07, 6.45) is 1.64. The Morgan fingerprint density at radius 3 is 2.87 bits per heavy atom. The maximum absolute atomic E-state index is 4.29. The largest absolute Gasteiger partial charge is 0.298 e. The minimum atomic E-state index is 0.604. The molecule has 0 aliphatic carbocycles. The van der Waals surface area contributed by atoms with Gasteiger partial charge in [0.1, 0.15) is 12.2 Å². The Kier molecular flexibility index (Phi) is 5.25. The average Bonchev–Trinajstić information content (AvgIpc) is 2.52. The highest BCUT2D eigenvalue weighted by Gasteiger charge is 2.08. The Hall–Kier alpha value is -0.420. The summed E-state index contributed by atoms with van der Waals surface area (Å²) in [4.78, 5) is 6.52. The van der Waals surface area contributed by atoms with Gasteiger partial charge >= 0.3 is 0 Å². The molecular weight excluding hydrogens is 256 g/mol. The van der Waals surface area contributed by atoms with Crippen molar-refractivity contribution in [3.63, 3.8) is 0 Å². The summed E-state index contributed by atoms with van der Waals surface area (Å²) in [5, 5.41) is 5.22. The van der Waals surface area contributed by atoms with Crippen molar-refractivity contribution >= 4 is 15.9 Å². The maximum Gasteiger partial charge on any atom is 0.141 e. The molecule has 0 bridgehead atoms. The van der Waals surface area contributed by atoms with E-state index in [1.54, 1.807) is 6.33 Å². The number of rotatable bonds is 6. The monoisotopic (exact) mass is 274 g/mol. The molecule has 0 saturated carbocycles. The van der Waals surface area contributed by atoms with Gasteiger partial charge in [0.25, 0.3) is 0 Å². The van der Waals surface area contributed by atoms with E-state index in [2.05, 4.69) is 51.8 Å². The summed E-state index contributed by atoms with van der Waals surface area (Å²) in [6.45, 7) is 7.20. The highest BCUT2D eigenvalue weighted by Crippen LogP contribution is 2.03. The van der Waals surface area contributed by atoms with Crippen molar-refractivity contribution in [2.75, 3.05) is 18.9 Å².